The molecule has 1 aliphatic rings. The Kier molecular flexibility index (Phi) is 3.25. The van der Waals surface area contributed by atoms with Gasteiger partial charge < -0.3 is 10.1 Å². The summed E-state index contributed by atoms with van der Waals surface area (Å²) in [7, 11) is 3.94. The lowest BCUT2D eigenvalue weighted by atomic mass is 9.96. The Hall–Kier alpha value is -1.81. The van der Waals surface area contributed by atoms with Crippen LogP contribution in [0.2, 0.25) is 0 Å². The highest BCUT2D eigenvalue weighted by molar-refractivity contribution is 5.46. The van der Waals surface area contributed by atoms with Gasteiger partial charge in [-0.05, 0) is 31.5 Å². The van der Waals surface area contributed by atoms with Gasteiger partial charge in [0.15, 0.2) is 0 Å². The molecule has 4 heteroatoms. The molecular weight excluding hydrogens is 238 g/mol. The molecule has 2 aromatic rings. The predicted molar refractivity (Wildman–Crippen MR) is 74.4 cm³/mol. The third kappa shape index (κ3) is 2.12. The number of nitrogens with zero attached hydrogens (tertiary/aromatic N) is 2. The Morgan fingerprint density at radius 3 is 3.00 bits per heavy atom. The van der Waals surface area contributed by atoms with Gasteiger partial charge in [-0.15, -0.1) is 0 Å². The fraction of sp³-hybridized carbons (Fsp3) is 0.400. The van der Waals surface area contributed by atoms with E-state index in [-0.39, 0.29) is 6.04 Å². The minimum atomic E-state index is 0.112. The minimum absolute atomic E-state index is 0.112. The van der Waals surface area contributed by atoms with E-state index in [0.717, 1.165) is 30.9 Å². The fourth-order valence-corrected chi connectivity index (χ4v) is 2.77. The van der Waals surface area contributed by atoms with E-state index >= 15 is 0 Å². The molecule has 0 saturated heterocycles. The summed E-state index contributed by atoms with van der Waals surface area (Å²) in [6, 6.07) is 8.57. The average Bonchev–Trinajstić information content (AvgIpc) is 2.86. The van der Waals surface area contributed by atoms with Crippen molar-refractivity contribution >= 4 is 0 Å². The molecular formula is C15H19N3O. The number of hydrogen-bond acceptors (Lipinski definition) is 3. The maximum atomic E-state index is 5.91. The molecule has 1 atom stereocenters. The Bertz CT molecular complexity index is 577. The van der Waals surface area contributed by atoms with Gasteiger partial charge in [0.1, 0.15) is 5.75 Å². The summed E-state index contributed by atoms with van der Waals surface area (Å²) in [4.78, 5) is 0. The van der Waals surface area contributed by atoms with Gasteiger partial charge in [0.25, 0.3) is 0 Å². The first-order valence-electron chi connectivity index (χ1n) is 6.71. The standard InChI is InChI=1S/C15H19N3O/c1-16-14(13-8-9-17-18(13)2)12-7-3-5-11-6-4-10-19-15(11)12/h3,5,7-9,14,16H,4,6,10H2,1-2H3. The van der Waals surface area contributed by atoms with Crippen molar-refractivity contribution in [3.8, 4) is 5.75 Å². The number of rotatable bonds is 3. The lowest BCUT2D eigenvalue weighted by Gasteiger charge is -2.25. The van der Waals surface area contributed by atoms with Crippen molar-refractivity contribution in [2.24, 2.45) is 7.05 Å². The molecule has 100 valence electrons. The van der Waals surface area contributed by atoms with Crippen LogP contribution in [0.15, 0.2) is 30.5 Å². The van der Waals surface area contributed by atoms with Crippen LogP contribution in [-0.4, -0.2) is 23.4 Å². The number of hydrogen-bond donors (Lipinski definition) is 1. The highest BCUT2D eigenvalue weighted by Crippen LogP contribution is 2.35. The maximum Gasteiger partial charge on any atom is 0.127 e. The highest BCUT2D eigenvalue weighted by atomic mass is 16.5. The zero-order valence-corrected chi connectivity index (χ0v) is 11.4. The van der Waals surface area contributed by atoms with Gasteiger partial charge in [0.05, 0.1) is 18.3 Å². The topological polar surface area (TPSA) is 39.1 Å². The monoisotopic (exact) mass is 257 g/mol. The molecule has 1 aromatic carbocycles. The van der Waals surface area contributed by atoms with Crippen LogP contribution < -0.4 is 10.1 Å². The average molecular weight is 257 g/mol. The van der Waals surface area contributed by atoms with E-state index in [1.165, 1.54) is 11.1 Å². The van der Waals surface area contributed by atoms with Crippen LogP contribution in [0.5, 0.6) is 5.75 Å². The van der Waals surface area contributed by atoms with Crippen LogP contribution >= 0.6 is 0 Å². The zero-order chi connectivity index (χ0) is 13.2. The number of ether oxygens (including phenoxy) is 1. The van der Waals surface area contributed by atoms with E-state index in [1.807, 2.05) is 31.0 Å². The molecule has 3 rings (SSSR count). The summed E-state index contributed by atoms with van der Waals surface area (Å²) < 4.78 is 7.81. The van der Waals surface area contributed by atoms with Gasteiger partial charge in [-0.1, -0.05) is 18.2 Å². The molecule has 19 heavy (non-hydrogen) atoms. The number of fused-ring (bicyclic) bond motifs is 1. The summed E-state index contributed by atoms with van der Waals surface area (Å²) in [5, 5.41) is 7.63. The molecule has 0 saturated carbocycles. The van der Waals surface area contributed by atoms with Crippen molar-refractivity contribution in [2.75, 3.05) is 13.7 Å². The summed E-state index contributed by atoms with van der Waals surface area (Å²) in [6.45, 7) is 0.811. The molecule has 1 aliphatic heterocycles. The SMILES string of the molecule is CNC(c1cccc2c1OCCC2)c1ccnn1C. The Morgan fingerprint density at radius 1 is 1.37 bits per heavy atom. The van der Waals surface area contributed by atoms with Crippen molar-refractivity contribution < 1.29 is 4.74 Å². The lowest BCUT2D eigenvalue weighted by molar-refractivity contribution is 0.283. The number of para-hydroxylation sites is 1. The first-order valence-corrected chi connectivity index (χ1v) is 6.71. The van der Waals surface area contributed by atoms with Gasteiger partial charge in [-0.3, -0.25) is 4.68 Å². The molecule has 0 aliphatic carbocycles. The van der Waals surface area contributed by atoms with Crippen molar-refractivity contribution in [3.63, 3.8) is 0 Å². The molecule has 1 unspecified atom stereocenters. The molecule has 2 heterocycles. The van der Waals surface area contributed by atoms with Gasteiger partial charge in [-0.25, -0.2) is 0 Å². The lowest BCUT2D eigenvalue weighted by Crippen LogP contribution is -2.23. The van der Waals surface area contributed by atoms with Crippen LogP contribution in [0.3, 0.4) is 0 Å². The summed E-state index contributed by atoms with van der Waals surface area (Å²) in [5.74, 6) is 1.05. The van der Waals surface area contributed by atoms with Crippen molar-refractivity contribution in [3.05, 3.63) is 47.3 Å². The van der Waals surface area contributed by atoms with Crippen LogP contribution in [0.4, 0.5) is 0 Å². The zero-order valence-electron chi connectivity index (χ0n) is 11.4. The summed E-state index contributed by atoms with van der Waals surface area (Å²) >= 11 is 0. The van der Waals surface area contributed by atoms with E-state index in [0.29, 0.717) is 0 Å². The van der Waals surface area contributed by atoms with E-state index in [1.54, 1.807) is 0 Å². The second kappa shape index (κ2) is 5.05. The fourth-order valence-electron chi connectivity index (χ4n) is 2.77. The van der Waals surface area contributed by atoms with E-state index in [2.05, 4.69) is 28.6 Å². The van der Waals surface area contributed by atoms with E-state index in [4.69, 9.17) is 4.74 Å². The third-order valence-electron chi connectivity index (χ3n) is 3.72. The normalized spacial score (nSPS) is 15.7. The molecule has 1 N–H and O–H groups in total. The molecule has 4 nitrogen and oxygen atoms in total. The number of aryl methyl sites for hydroxylation is 2. The summed E-state index contributed by atoms with van der Waals surface area (Å²) in [6.07, 6.45) is 4.04. The van der Waals surface area contributed by atoms with Gasteiger partial charge >= 0.3 is 0 Å². The molecule has 0 spiro atoms. The molecule has 1 aromatic heterocycles. The van der Waals surface area contributed by atoms with Crippen molar-refractivity contribution in [1.82, 2.24) is 15.1 Å². The third-order valence-corrected chi connectivity index (χ3v) is 3.72. The van der Waals surface area contributed by atoms with Crippen LogP contribution in [0, 0.1) is 0 Å². The van der Waals surface area contributed by atoms with Crippen LogP contribution in [0.25, 0.3) is 0 Å². The number of benzene rings is 1. The van der Waals surface area contributed by atoms with Crippen molar-refractivity contribution in [2.45, 2.75) is 18.9 Å². The number of aromatic nitrogens is 2. The highest BCUT2D eigenvalue weighted by Gasteiger charge is 2.22. The second-order valence-corrected chi connectivity index (χ2v) is 4.89. The predicted octanol–water partition coefficient (Wildman–Crippen LogP) is 2.05. The van der Waals surface area contributed by atoms with Gasteiger partial charge in [0.2, 0.25) is 0 Å². The Balaban J connectivity index is 2.07. The van der Waals surface area contributed by atoms with E-state index in [9.17, 15) is 0 Å². The smallest absolute Gasteiger partial charge is 0.127 e. The molecule has 0 bridgehead atoms. The Labute approximate surface area is 113 Å². The van der Waals surface area contributed by atoms with Crippen molar-refractivity contribution in [1.29, 1.82) is 0 Å². The quantitative estimate of drug-likeness (QED) is 0.914. The first kappa shape index (κ1) is 12.2. The van der Waals surface area contributed by atoms with E-state index < -0.39 is 0 Å². The largest absolute Gasteiger partial charge is 0.493 e. The molecule has 0 fully saturated rings. The van der Waals surface area contributed by atoms with Gasteiger partial charge in [-0.2, -0.15) is 5.10 Å². The molecule has 0 amide bonds. The second-order valence-electron chi connectivity index (χ2n) is 4.89. The summed E-state index contributed by atoms with van der Waals surface area (Å²) in [5.41, 5.74) is 3.65. The minimum Gasteiger partial charge on any atom is -0.493 e. The molecule has 0 radical (unpaired) electrons. The van der Waals surface area contributed by atoms with Crippen LogP contribution in [0.1, 0.15) is 29.3 Å². The maximum absolute atomic E-state index is 5.91. The van der Waals surface area contributed by atoms with Gasteiger partial charge in [0, 0.05) is 18.8 Å². The van der Waals surface area contributed by atoms with Crippen LogP contribution in [-0.2, 0) is 13.5 Å². The Morgan fingerprint density at radius 2 is 2.26 bits per heavy atom. The first-order chi connectivity index (χ1) is 9.31. The number of nitrogens with one attached hydrogen (secondary N) is 1.